The Morgan fingerprint density at radius 2 is 1.90 bits per heavy atom. The van der Waals surface area contributed by atoms with Gasteiger partial charge in [-0.05, 0) is 42.8 Å². The molecule has 2 amide bonds. The summed E-state index contributed by atoms with van der Waals surface area (Å²) >= 11 is 0. The average Bonchev–Trinajstić information content (AvgIpc) is 3.20. The van der Waals surface area contributed by atoms with Crippen LogP contribution in [0.1, 0.15) is 12.0 Å². The highest BCUT2D eigenvalue weighted by atomic mass is 19.1. The first kappa shape index (κ1) is 19.3. The van der Waals surface area contributed by atoms with E-state index in [1.165, 1.54) is 24.3 Å². The molecule has 9 heteroatoms. The van der Waals surface area contributed by atoms with E-state index in [-0.39, 0.29) is 18.6 Å². The molecule has 3 aromatic rings. The first-order valence-electron chi connectivity index (χ1n) is 9.31. The van der Waals surface area contributed by atoms with Crippen LogP contribution in [0.5, 0.6) is 11.5 Å². The summed E-state index contributed by atoms with van der Waals surface area (Å²) in [6.45, 7) is 1.09. The van der Waals surface area contributed by atoms with Crippen molar-refractivity contribution in [1.82, 2.24) is 10.3 Å². The van der Waals surface area contributed by atoms with Gasteiger partial charge in [-0.1, -0.05) is 0 Å². The lowest BCUT2D eigenvalue weighted by atomic mass is 10.1. The summed E-state index contributed by atoms with van der Waals surface area (Å²) in [5.74, 6) is 1.37. The first-order chi connectivity index (χ1) is 14.6. The Hall–Kier alpha value is -4.06. The second-order valence-corrected chi connectivity index (χ2v) is 6.56. The van der Waals surface area contributed by atoms with E-state index in [2.05, 4.69) is 27.0 Å². The van der Waals surface area contributed by atoms with E-state index in [4.69, 9.17) is 9.47 Å². The lowest BCUT2D eigenvalue weighted by Gasteiger charge is -2.10. The summed E-state index contributed by atoms with van der Waals surface area (Å²) in [4.78, 5) is 16.4. The maximum atomic E-state index is 12.9. The number of anilines is 2. The number of hydrogen-bond donors (Lipinski definition) is 3. The highest BCUT2D eigenvalue weighted by Crippen LogP contribution is 2.36. The van der Waals surface area contributed by atoms with E-state index in [1.807, 2.05) is 0 Å². The molecule has 2 heterocycles. The zero-order valence-electron chi connectivity index (χ0n) is 15.9. The van der Waals surface area contributed by atoms with Gasteiger partial charge in [0.1, 0.15) is 17.7 Å². The minimum atomic E-state index is -0.376. The number of nitrogens with one attached hydrogen (secondary N) is 3. The van der Waals surface area contributed by atoms with Gasteiger partial charge in [0.15, 0.2) is 11.5 Å². The van der Waals surface area contributed by atoms with E-state index in [1.54, 1.807) is 18.2 Å². The van der Waals surface area contributed by atoms with Crippen molar-refractivity contribution in [3.8, 4) is 17.6 Å². The van der Waals surface area contributed by atoms with Crippen molar-refractivity contribution in [2.24, 2.45) is 0 Å². The highest BCUT2D eigenvalue weighted by Gasteiger charge is 2.16. The molecular formula is C21H18FN5O3. The van der Waals surface area contributed by atoms with Gasteiger partial charge in [0, 0.05) is 30.2 Å². The van der Waals surface area contributed by atoms with Crippen molar-refractivity contribution in [2.45, 2.75) is 6.42 Å². The maximum absolute atomic E-state index is 12.9. The zero-order valence-corrected chi connectivity index (χ0v) is 15.9. The zero-order chi connectivity index (χ0) is 20.9. The molecule has 1 aliphatic heterocycles. The van der Waals surface area contributed by atoms with E-state index in [0.29, 0.717) is 53.6 Å². The predicted molar refractivity (Wildman–Crippen MR) is 109 cm³/mol. The van der Waals surface area contributed by atoms with Crippen LogP contribution in [0.15, 0.2) is 42.5 Å². The number of hydrogen-bond acceptors (Lipinski definition) is 6. The molecule has 0 unspecified atom stereocenters. The van der Waals surface area contributed by atoms with Crippen LogP contribution in [0.4, 0.5) is 20.7 Å². The molecule has 0 fully saturated rings. The summed E-state index contributed by atoms with van der Waals surface area (Å²) < 4.78 is 23.6. The van der Waals surface area contributed by atoms with Crippen LogP contribution in [-0.4, -0.2) is 30.9 Å². The Bertz CT molecular complexity index is 1130. The highest BCUT2D eigenvalue weighted by molar-refractivity contribution is 5.89. The van der Waals surface area contributed by atoms with Gasteiger partial charge in [0.25, 0.3) is 0 Å². The minimum Gasteiger partial charge on any atom is -0.454 e. The van der Waals surface area contributed by atoms with E-state index >= 15 is 0 Å². The molecule has 30 heavy (non-hydrogen) atoms. The Balaban J connectivity index is 1.30. The first-order valence-corrected chi connectivity index (χ1v) is 9.31. The van der Waals surface area contributed by atoms with Crippen LogP contribution < -0.4 is 25.4 Å². The fourth-order valence-corrected chi connectivity index (χ4v) is 2.99. The third-order valence-corrected chi connectivity index (χ3v) is 4.46. The second-order valence-electron chi connectivity index (χ2n) is 6.56. The van der Waals surface area contributed by atoms with Crippen LogP contribution in [0.25, 0.3) is 10.9 Å². The number of fused-ring (bicyclic) bond motifs is 2. The summed E-state index contributed by atoms with van der Waals surface area (Å²) in [6.07, 6.45) is 0.614. The van der Waals surface area contributed by atoms with Crippen molar-refractivity contribution in [1.29, 1.82) is 5.26 Å². The van der Waals surface area contributed by atoms with Gasteiger partial charge in [0.2, 0.25) is 6.79 Å². The molecule has 0 saturated heterocycles. The number of halogens is 1. The molecule has 1 aromatic heterocycles. The van der Waals surface area contributed by atoms with Crippen molar-refractivity contribution >= 4 is 28.4 Å². The van der Waals surface area contributed by atoms with Gasteiger partial charge in [-0.15, -0.1) is 0 Å². The number of aromatic nitrogens is 1. The number of amides is 2. The number of carbonyl (C=O) groups excluding carboxylic acids is 1. The molecule has 0 radical (unpaired) electrons. The molecule has 2 aromatic carbocycles. The van der Waals surface area contributed by atoms with Gasteiger partial charge in [-0.2, -0.15) is 5.26 Å². The minimum absolute atomic E-state index is 0.170. The van der Waals surface area contributed by atoms with E-state index in [0.717, 1.165) is 5.39 Å². The van der Waals surface area contributed by atoms with Crippen molar-refractivity contribution in [2.75, 3.05) is 30.5 Å². The van der Waals surface area contributed by atoms with E-state index < -0.39 is 0 Å². The van der Waals surface area contributed by atoms with Crippen LogP contribution in [0, 0.1) is 17.1 Å². The average molecular weight is 407 g/mol. The van der Waals surface area contributed by atoms with Gasteiger partial charge in [-0.25, -0.2) is 14.2 Å². The molecule has 0 aliphatic carbocycles. The number of rotatable bonds is 6. The molecule has 4 rings (SSSR count). The summed E-state index contributed by atoms with van der Waals surface area (Å²) in [5, 5.41) is 18.7. The van der Waals surface area contributed by atoms with Gasteiger partial charge in [-0.3, -0.25) is 0 Å². The lowest BCUT2D eigenvalue weighted by Crippen LogP contribution is -2.30. The standard InChI is InChI=1S/C21H18FN5O3/c22-15-2-4-16(5-3-15)26-21(28)25-7-1-6-24-20-14(11-23)8-13-9-18-19(30-12-29-18)10-17(13)27-20/h2-5,8-10H,1,6-7,12H2,(H,24,27)(H2,25,26,28). The molecule has 0 bridgehead atoms. The SMILES string of the molecule is N#Cc1cc2cc3c(cc2nc1NCCCNC(=O)Nc1ccc(F)cc1)OCO3. The Kier molecular flexibility index (Phi) is 5.48. The molecule has 3 N–H and O–H groups in total. The Morgan fingerprint density at radius 3 is 2.67 bits per heavy atom. The van der Waals surface area contributed by atoms with Gasteiger partial charge >= 0.3 is 6.03 Å². The molecular weight excluding hydrogens is 389 g/mol. The summed E-state index contributed by atoms with van der Waals surface area (Å²) in [6, 6.07) is 12.6. The molecule has 1 aliphatic rings. The van der Waals surface area contributed by atoms with Crippen LogP contribution >= 0.6 is 0 Å². The van der Waals surface area contributed by atoms with Crippen molar-refractivity contribution in [3.63, 3.8) is 0 Å². The fourth-order valence-electron chi connectivity index (χ4n) is 2.99. The van der Waals surface area contributed by atoms with Crippen molar-refractivity contribution in [3.05, 3.63) is 53.8 Å². The summed E-state index contributed by atoms with van der Waals surface area (Å²) in [7, 11) is 0. The smallest absolute Gasteiger partial charge is 0.319 e. The number of ether oxygens (including phenoxy) is 2. The normalized spacial score (nSPS) is 11.7. The lowest BCUT2D eigenvalue weighted by molar-refractivity contribution is 0.174. The third kappa shape index (κ3) is 4.33. The topological polar surface area (TPSA) is 108 Å². The van der Waals surface area contributed by atoms with Crippen LogP contribution in [-0.2, 0) is 0 Å². The molecule has 8 nitrogen and oxygen atoms in total. The maximum Gasteiger partial charge on any atom is 0.319 e. The van der Waals surface area contributed by atoms with Crippen molar-refractivity contribution < 1.29 is 18.7 Å². The largest absolute Gasteiger partial charge is 0.454 e. The monoisotopic (exact) mass is 407 g/mol. The van der Waals surface area contributed by atoms with Gasteiger partial charge in [0.05, 0.1) is 11.1 Å². The molecule has 0 spiro atoms. The second kappa shape index (κ2) is 8.53. The number of benzene rings is 2. The number of urea groups is 1. The van der Waals surface area contributed by atoms with Crippen LogP contribution in [0.3, 0.4) is 0 Å². The Labute approximate surface area is 171 Å². The quantitative estimate of drug-likeness (QED) is 0.539. The van der Waals surface area contributed by atoms with Crippen LogP contribution in [0.2, 0.25) is 0 Å². The number of nitriles is 1. The number of nitrogens with zero attached hydrogens (tertiary/aromatic N) is 2. The number of pyridine rings is 1. The Morgan fingerprint density at radius 1 is 1.13 bits per heavy atom. The fraction of sp³-hybridized carbons (Fsp3) is 0.190. The number of carbonyl (C=O) groups is 1. The summed E-state index contributed by atoms with van der Waals surface area (Å²) in [5.41, 5.74) is 1.62. The molecule has 152 valence electrons. The molecule has 0 atom stereocenters. The molecule has 0 saturated carbocycles. The van der Waals surface area contributed by atoms with Gasteiger partial charge < -0.3 is 25.4 Å². The third-order valence-electron chi connectivity index (χ3n) is 4.46. The predicted octanol–water partition coefficient (Wildman–Crippen LogP) is 3.60. The van der Waals surface area contributed by atoms with E-state index in [9.17, 15) is 14.4 Å².